The largest absolute Gasteiger partial charge is 0.487 e. The SMILES string of the molecule is Cc1cc2c(cc1C)C(NCC(C)C)CC1(CCCCC1)O2. The molecular formula is C20H31NO. The first-order valence-corrected chi connectivity index (χ1v) is 9.03. The predicted molar refractivity (Wildman–Crippen MR) is 92.6 cm³/mol. The van der Waals surface area contributed by atoms with E-state index < -0.39 is 0 Å². The fourth-order valence-electron chi connectivity index (χ4n) is 3.99. The summed E-state index contributed by atoms with van der Waals surface area (Å²) in [5.74, 6) is 1.82. The van der Waals surface area contributed by atoms with Gasteiger partial charge in [0, 0.05) is 18.0 Å². The third-order valence-electron chi connectivity index (χ3n) is 5.44. The highest BCUT2D eigenvalue weighted by molar-refractivity contribution is 5.45. The van der Waals surface area contributed by atoms with E-state index in [-0.39, 0.29) is 5.60 Å². The van der Waals surface area contributed by atoms with Crippen LogP contribution in [0.1, 0.15) is 75.1 Å². The Bertz CT molecular complexity index is 529. The maximum absolute atomic E-state index is 6.59. The molecule has 1 N–H and O–H groups in total. The molecule has 3 rings (SSSR count). The number of nitrogens with one attached hydrogen (secondary N) is 1. The second kappa shape index (κ2) is 6.23. The second-order valence-corrected chi connectivity index (χ2v) is 7.88. The van der Waals surface area contributed by atoms with E-state index in [1.165, 1.54) is 48.8 Å². The van der Waals surface area contributed by atoms with Gasteiger partial charge in [-0.1, -0.05) is 26.3 Å². The maximum atomic E-state index is 6.59. The molecule has 0 saturated heterocycles. The van der Waals surface area contributed by atoms with Crippen LogP contribution in [0.2, 0.25) is 0 Å². The molecule has 22 heavy (non-hydrogen) atoms. The van der Waals surface area contributed by atoms with Gasteiger partial charge in [-0.25, -0.2) is 0 Å². The van der Waals surface area contributed by atoms with Crippen LogP contribution in [0.5, 0.6) is 5.75 Å². The molecule has 122 valence electrons. The van der Waals surface area contributed by atoms with Crippen LogP contribution in [0.3, 0.4) is 0 Å². The van der Waals surface area contributed by atoms with Crippen molar-refractivity contribution in [3.8, 4) is 5.75 Å². The summed E-state index contributed by atoms with van der Waals surface area (Å²) in [4.78, 5) is 0. The lowest BCUT2D eigenvalue weighted by Gasteiger charge is -2.45. The van der Waals surface area contributed by atoms with Crippen molar-refractivity contribution in [1.29, 1.82) is 0 Å². The molecule has 1 heterocycles. The van der Waals surface area contributed by atoms with Crippen molar-refractivity contribution >= 4 is 0 Å². The molecular weight excluding hydrogens is 270 g/mol. The highest BCUT2D eigenvalue weighted by Gasteiger charge is 2.41. The van der Waals surface area contributed by atoms with E-state index in [4.69, 9.17) is 4.74 Å². The van der Waals surface area contributed by atoms with Gasteiger partial charge in [-0.05, 0) is 69.2 Å². The molecule has 0 amide bonds. The lowest BCUT2D eigenvalue weighted by molar-refractivity contribution is -0.00304. The summed E-state index contributed by atoms with van der Waals surface area (Å²) in [6, 6.07) is 5.06. The van der Waals surface area contributed by atoms with Crippen molar-refractivity contribution in [1.82, 2.24) is 5.32 Å². The Morgan fingerprint density at radius 3 is 2.50 bits per heavy atom. The molecule has 1 aliphatic heterocycles. The van der Waals surface area contributed by atoms with Gasteiger partial charge in [-0.2, -0.15) is 0 Å². The van der Waals surface area contributed by atoms with Crippen molar-refractivity contribution < 1.29 is 4.74 Å². The first kappa shape index (κ1) is 15.9. The number of ether oxygens (including phenoxy) is 1. The lowest BCUT2D eigenvalue weighted by Crippen LogP contribution is -2.46. The van der Waals surface area contributed by atoms with Gasteiger partial charge in [0.25, 0.3) is 0 Å². The summed E-state index contributed by atoms with van der Waals surface area (Å²) in [6.45, 7) is 10.0. The van der Waals surface area contributed by atoms with Crippen LogP contribution in [0, 0.1) is 19.8 Å². The smallest absolute Gasteiger partial charge is 0.125 e. The molecule has 2 nitrogen and oxygen atoms in total. The summed E-state index contributed by atoms with van der Waals surface area (Å²) in [6.07, 6.45) is 7.58. The van der Waals surface area contributed by atoms with Crippen molar-refractivity contribution in [2.24, 2.45) is 5.92 Å². The van der Waals surface area contributed by atoms with E-state index in [1.54, 1.807) is 0 Å². The summed E-state index contributed by atoms with van der Waals surface area (Å²) < 4.78 is 6.59. The van der Waals surface area contributed by atoms with E-state index in [9.17, 15) is 0 Å². The van der Waals surface area contributed by atoms with Crippen LogP contribution < -0.4 is 10.1 Å². The van der Waals surface area contributed by atoms with Crippen molar-refractivity contribution in [3.63, 3.8) is 0 Å². The van der Waals surface area contributed by atoms with Gasteiger partial charge in [0.05, 0.1) is 0 Å². The number of benzene rings is 1. The normalized spacial score (nSPS) is 23.4. The summed E-state index contributed by atoms with van der Waals surface area (Å²) in [5, 5.41) is 3.82. The topological polar surface area (TPSA) is 21.3 Å². The van der Waals surface area contributed by atoms with Crippen LogP contribution in [-0.2, 0) is 0 Å². The van der Waals surface area contributed by atoms with Crippen LogP contribution in [0.4, 0.5) is 0 Å². The van der Waals surface area contributed by atoms with Crippen LogP contribution in [0.15, 0.2) is 12.1 Å². The van der Waals surface area contributed by atoms with Gasteiger partial charge in [0.2, 0.25) is 0 Å². The number of hydrogen-bond donors (Lipinski definition) is 1. The number of fused-ring (bicyclic) bond motifs is 1. The van der Waals surface area contributed by atoms with Gasteiger partial charge >= 0.3 is 0 Å². The minimum atomic E-state index is 0.0849. The zero-order valence-corrected chi connectivity index (χ0v) is 14.7. The van der Waals surface area contributed by atoms with E-state index in [2.05, 4.69) is 45.1 Å². The maximum Gasteiger partial charge on any atom is 0.125 e. The third kappa shape index (κ3) is 3.17. The Kier molecular flexibility index (Phi) is 4.49. The molecule has 1 aliphatic carbocycles. The van der Waals surface area contributed by atoms with Gasteiger partial charge in [-0.15, -0.1) is 0 Å². The molecule has 2 aliphatic rings. The molecule has 1 atom stereocenters. The molecule has 1 unspecified atom stereocenters. The predicted octanol–water partition coefficient (Wildman–Crippen LogP) is 5.08. The zero-order valence-electron chi connectivity index (χ0n) is 14.7. The van der Waals surface area contributed by atoms with E-state index in [1.807, 2.05) is 0 Å². The average Bonchev–Trinajstić information content (AvgIpc) is 2.47. The molecule has 2 heteroatoms. The van der Waals surface area contributed by atoms with E-state index in [0.29, 0.717) is 12.0 Å². The Labute approximate surface area is 135 Å². The Morgan fingerprint density at radius 2 is 1.82 bits per heavy atom. The molecule has 1 spiro atoms. The molecule has 1 fully saturated rings. The monoisotopic (exact) mass is 301 g/mol. The van der Waals surface area contributed by atoms with Crippen LogP contribution >= 0.6 is 0 Å². The van der Waals surface area contributed by atoms with Gasteiger partial charge < -0.3 is 10.1 Å². The number of rotatable bonds is 3. The molecule has 0 bridgehead atoms. The van der Waals surface area contributed by atoms with Crippen molar-refractivity contribution in [2.45, 2.75) is 77.9 Å². The fraction of sp³-hybridized carbons (Fsp3) is 0.700. The number of hydrogen-bond acceptors (Lipinski definition) is 2. The van der Waals surface area contributed by atoms with Crippen LogP contribution in [-0.4, -0.2) is 12.1 Å². The van der Waals surface area contributed by atoms with Crippen LogP contribution in [0.25, 0.3) is 0 Å². The van der Waals surface area contributed by atoms with Gasteiger partial charge in [0.1, 0.15) is 11.4 Å². The van der Waals surface area contributed by atoms with E-state index in [0.717, 1.165) is 18.7 Å². The summed E-state index contributed by atoms with van der Waals surface area (Å²) in [5.41, 5.74) is 4.18. The first-order chi connectivity index (χ1) is 10.5. The molecule has 0 aromatic heterocycles. The van der Waals surface area contributed by atoms with Gasteiger partial charge in [-0.3, -0.25) is 0 Å². The molecule has 0 radical (unpaired) electrons. The number of aryl methyl sites for hydroxylation is 2. The summed E-state index contributed by atoms with van der Waals surface area (Å²) >= 11 is 0. The average molecular weight is 301 g/mol. The highest BCUT2D eigenvalue weighted by Crippen LogP contribution is 2.46. The second-order valence-electron chi connectivity index (χ2n) is 7.88. The molecule has 1 aromatic carbocycles. The summed E-state index contributed by atoms with van der Waals surface area (Å²) in [7, 11) is 0. The quantitative estimate of drug-likeness (QED) is 0.841. The fourth-order valence-corrected chi connectivity index (χ4v) is 3.99. The van der Waals surface area contributed by atoms with E-state index >= 15 is 0 Å². The molecule has 1 aromatic rings. The minimum Gasteiger partial charge on any atom is -0.487 e. The third-order valence-corrected chi connectivity index (χ3v) is 5.44. The highest BCUT2D eigenvalue weighted by atomic mass is 16.5. The lowest BCUT2D eigenvalue weighted by atomic mass is 9.76. The van der Waals surface area contributed by atoms with Gasteiger partial charge in [0.15, 0.2) is 0 Å². The first-order valence-electron chi connectivity index (χ1n) is 9.03. The standard InChI is InChI=1S/C20H31NO/c1-14(2)13-21-18-12-20(8-6-5-7-9-20)22-19-11-16(4)15(3)10-17(18)19/h10-11,14,18,21H,5-9,12-13H2,1-4H3. The minimum absolute atomic E-state index is 0.0849. The molecule has 1 saturated carbocycles. The zero-order chi connectivity index (χ0) is 15.7. The Balaban J connectivity index is 1.92. The Hall–Kier alpha value is -1.02. The Morgan fingerprint density at radius 1 is 1.14 bits per heavy atom. The van der Waals surface area contributed by atoms with Crippen molar-refractivity contribution in [2.75, 3.05) is 6.54 Å². The van der Waals surface area contributed by atoms with Crippen molar-refractivity contribution in [3.05, 3.63) is 28.8 Å².